The normalized spacial score (nSPS) is 11.5. The van der Waals surface area contributed by atoms with Gasteiger partial charge < -0.3 is 4.42 Å². The topological polar surface area (TPSA) is 68.0 Å². The molecule has 0 atom stereocenters. The summed E-state index contributed by atoms with van der Waals surface area (Å²) in [6.07, 6.45) is -1.65. The number of aryl methyl sites for hydroxylation is 1. The van der Waals surface area contributed by atoms with Crippen LogP contribution in [0.3, 0.4) is 0 Å². The molecule has 0 radical (unpaired) electrons. The molecule has 3 rings (SSSR count). The van der Waals surface area contributed by atoms with Gasteiger partial charge >= 0.3 is 6.18 Å². The van der Waals surface area contributed by atoms with Crippen LogP contribution in [-0.2, 0) is 6.18 Å². The highest BCUT2D eigenvalue weighted by Crippen LogP contribution is 2.30. The number of benzene rings is 1. The summed E-state index contributed by atoms with van der Waals surface area (Å²) in [5.41, 5.74) is -0.417. The number of nitrogens with zero attached hydrogens (tertiary/aromatic N) is 2. The molecular formula is C15H10F3N3O2S. The van der Waals surface area contributed by atoms with Gasteiger partial charge in [0.2, 0.25) is 5.89 Å². The van der Waals surface area contributed by atoms with Crippen molar-refractivity contribution in [3.05, 3.63) is 52.9 Å². The molecule has 124 valence electrons. The third-order valence-corrected chi connectivity index (χ3v) is 3.87. The molecule has 1 aromatic carbocycles. The quantitative estimate of drug-likeness (QED) is 0.759. The van der Waals surface area contributed by atoms with Crippen LogP contribution >= 0.6 is 11.3 Å². The maximum absolute atomic E-state index is 12.5. The number of aromatic nitrogens is 2. The number of thiazole rings is 1. The summed E-state index contributed by atoms with van der Waals surface area (Å²) in [5, 5.41) is 3.00. The monoisotopic (exact) mass is 353 g/mol. The first-order chi connectivity index (χ1) is 11.3. The smallest absolute Gasteiger partial charge is 0.416 e. The number of halogens is 3. The van der Waals surface area contributed by atoms with Gasteiger partial charge in [0.25, 0.3) is 5.91 Å². The lowest BCUT2D eigenvalue weighted by molar-refractivity contribution is -0.137. The van der Waals surface area contributed by atoms with Crippen molar-refractivity contribution in [2.45, 2.75) is 13.1 Å². The largest absolute Gasteiger partial charge is 0.444 e. The first-order valence-corrected chi connectivity index (χ1v) is 7.51. The predicted molar refractivity (Wildman–Crippen MR) is 81.7 cm³/mol. The predicted octanol–water partition coefficient (Wildman–Crippen LogP) is 4.38. The molecule has 0 saturated carbocycles. The average Bonchev–Trinajstić information content (AvgIpc) is 3.16. The average molecular weight is 353 g/mol. The molecule has 0 spiro atoms. The van der Waals surface area contributed by atoms with E-state index < -0.39 is 17.6 Å². The summed E-state index contributed by atoms with van der Waals surface area (Å²) in [7, 11) is 0. The third kappa shape index (κ3) is 3.46. The Labute approximate surface area is 138 Å². The highest BCUT2D eigenvalue weighted by Gasteiger charge is 2.30. The summed E-state index contributed by atoms with van der Waals surface area (Å²) in [5.74, 6) is -0.449. The second kappa shape index (κ2) is 6.08. The molecule has 0 aliphatic rings. The van der Waals surface area contributed by atoms with Crippen LogP contribution < -0.4 is 5.32 Å². The number of alkyl halides is 3. The van der Waals surface area contributed by atoms with E-state index in [1.54, 1.807) is 6.20 Å². The maximum atomic E-state index is 12.5. The molecule has 0 fully saturated rings. The van der Waals surface area contributed by atoms with E-state index in [2.05, 4.69) is 15.3 Å². The number of amides is 1. The molecular weight excluding hydrogens is 343 g/mol. The van der Waals surface area contributed by atoms with Gasteiger partial charge in [-0.25, -0.2) is 9.97 Å². The number of nitrogens with one attached hydrogen (secondary N) is 1. The van der Waals surface area contributed by atoms with Gasteiger partial charge in [0.1, 0.15) is 6.26 Å². The Morgan fingerprint density at radius 2 is 1.96 bits per heavy atom. The number of hydrogen-bond donors (Lipinski definition) is 1. The van der Waals surface area contributed by atoms with Crippen molar-refractivity contribution in [3.8, 4) is 11.5 Å². The van der Waals surface area contributed by atoms with Gasteiger partial charge in [0, 0.05) is 16.6 Å². The standard InChI is InChI=1S/C15H10F3N3O2S/c1-8-6-19-14(24-8)21-12(22)11-7-23-13(20-11)9-2-4-10(5-3-9)15(16,17)18/h2-7H,1H3,(H,19,21,22). The third-order valence-electron chi connectivity index (χ3n) is 3.04. The van der Waals surface area contributed by atoms with E-state index in [9.17, 15) is 18.0 Å². The van der Waals surface area contributed by atoms with Crippen LogP contribution in [-0.4, -0.2) is 15.9 Å². The van der Waals surface area contributed by atoms with E-state index >= 15 is 0 Å². The number of rotatable bonds is 3. The van der Waals surface area contributed by atoms with E-state index in [1.165, 1.54) is 23.5 Å². The van der Waals surface area contributed by atoms with Crippen molar-refractivity contribution in [2.75, 3.05) is 5.32 Å². The minimum atomic E-state index is -4.41. The highest BCUT2D eigenvalue weighted by molar-refractivity contribution is 7.15. The van der Waals surface area contributed by atoms with Gasteiger partial charge in [-0.1, -0.05) is 0 Å². The van der Waals surface area contributed by atoms with Crippen molar-refractivity contribution in [1.29, 1.82) is 0 Å². The van der Waals surface area contributed by atoms with Crippen LogP contribution in [0.4, 0.5) is 18.3 Å². The van der Waals surface area contributed by atoms with Crippen molar-refractivity contribution >= 4 is 22.4 Å². The Morgan fingerprint density at radius 3 is 2.54 bits per heavy atom. The molecule has 0 saturated heterocycles. The van der Waals surface area contributed by atoms with E-state index in [0.29, 0.717) is 10.7 Å². The number of carbonyl (C=O) groups is 1. The summed E-state index contributed by atoms with van der Waals surface area (Å²) < 4.78 is 42.8. The number of carbonyl (C=O) groups excluding carboxylic acids is 1. The highest BCUT2D eigenvalue weighted by atomic mass is 32.1. The fourth-order valence-electron chi connectivity index (χ4n) is 1.89. The van der Waals surface area contributed by atoms with E-state index in [0.717, 1.165) is 23.3 Å². The van der Waals surface area contributed by atoms with Crippen LogP contribution in [0.2, 0.25) is 0 Å². The Hall–Kier alpha value is -2.68. The maximum Gasteiger partial charge on any atom is 0.416 e. The molecule has 0 unspecified atom stereocenters. The van der Waals surface area contributed by atoms with Crippen LogP contribution in [0.15, 0.2) is 41.1 Å². The van der Waals surface area contributed by atoms with Gasteiger partial charge in [-0.3, -0.25) is 10.1 Å². The summed E-state index contributed by atoms with van der Waals surface area (Å²) >= 11 is 1.31. The molecule has 9 heteroatoms. The lowest BCUT2D eigenvalue weighted by Crippen LogP contribution is -2.11. The molecule has 0 aliphatic heterocycles. The van der Waals surface area contributed by atoms with Gasteiger partial charge in [0.05, 0.1) is 5.56 Å². The molecule has 24 heavy (non-hydrogen) atoms. The second-order valence-electron chi connectivity index (χ2n) is 4.84. The molecule has 1 amide bonds. The molecule has 3 aromatic rings. The van der Waals surface area contributed by atoms with Gasteiger partial charge in [-0.05, 0) is 31.2 Å². The summed E-state index contributed by atoms with van der Waals surface area (Å²) in [6, 6.07) is 4.33. The van der Waals surface area contributed by atoms with Gasteiger partial charge in [0.15, 0.2) is 10.8 Å². The SMILES string of the molecule is Cc1cnc(NC(=O)c2coc(-c3ccc(C(F)(F)F)cc3)n2)s1. The molecule has 2 aromatic heterocycles. The van der Waals surface area contributed by atoms with Crippen LogP contribution in [0.5, 0.6) is 0 Å². The van der Waals surface area contributed by atoms with Crippen molar-refractivity contribution < 1.29 is 22.4 Å². The summed E-state index contributed by atoms with van der Waals surface area (Å²) in [6.45, 7) is 1.85. The van der Waals surface area contributed by atoms with Crippen molar-refractivity contribution in [2.24, 2.45) is 0 Å². The molecule has 0 bridgehead atoms. The van der Waals surface area contributed by atoms with Gasteiger partial charge in [-0.15, -0.1) is 11.3 Å². The Morgan fingerprint density at radius 1 is 1.25 bits per heavy atom. The first kappa shape index (κ1) is 16.2. The van der Waals surface area contributed by atoms with Gasteiger partial charge in [-0.2, -0.15) is 13.2 Å². The fourth-order valence-corrected chi connectivity index (χ4v) is 2.55. The molecule has 2 heterocycles. The Balaban J connectivity index is 1.76. The zero-order valence-corrected chi connectivity index (χ0v) is 13.0. The van der Waals surface area contributed by atoms with E-state index in [4.69, 9.17) is 4.42 Å². The van der Waals surface area contributed by atoms with E-state index in [1.807, 2.05) is 6.92 Å². The Kier molecular flexibility index (Phi) is 4.10. The number of anilines is 1. The summed E-state index contributed by atoms with van der Waals surface area (Å²) in [4.78, 5) is 21.0. The zero-order valence-electron chi connectivity index (χ0n) is 12.2. The minimum Gasteiger partial charge on any atom is -0.444 e. The second-order valence-corrected chi connectivity index (χ2v) is 6.08. The number of hydrogen-bond acceptors (Lipinski definition) is 5. The lowest BCUT2D eigenvalue weighted by atomic mass is 10.1. The van der Waals surface area contributed by atoms with E-state index in [-0.39, 0.29) is 11.6 Å². The molecule has 5 nitrogen and oxygen atoms in total. The lowest BCUT2D eigenvalue weighted by Gasteiger charge is -2.05. The fraction of sp³-hybridized carbons (Fsp3) is 0.133. The van der Waals surface area contributed by atoms with Crippen LogP contribution in [0.25, 0.3) is 11.5 Å². The molecule has 0 aliphatic carbocycles. The molecule has 1 N–H and O–H groups in total. The van der Waals surface area contributed by atoms with Crippen LogP contribution in [0.1, 0.15) is 20.9 Å². The van der Waals surface area contributed by atoms with Crippen LogP contribution in [0, 0.1) is 6.92 Å². The zero-order chi connectivity index (χ0) is 17.3. The van der Waals surface area contributed by atoms with Crippen molar-refractivity contribution in [3.63, 3.8) is 0 Å². The Bertz CT molecular complexity index is 869. The first-order valence-electron chi connectivity index (χ1n) is 6.70. The van der Waals surface area contributed by atoms with Crippen molar-refractivity contribution in [1.82, 2.24) is 9.97 Å². The minimum absolute atomic E-state index is 0.0118. The number of oxazole rings is 1.